The number of ether oxygens (including phenoxy) is 1. The first-order valence-electron chi connectivity index (χ1n) is 6.98. The van der Waals surface area contributed by atoms with Gasteiger partial charge in [-0.2, -0.15) is 0 Å². The number of carbonyl (C=O) groups excluding carboxylic acids is 2. The molecule has 0 spiro atoms. The number of thioether (sulfide) groups is 1. The second kappa shape index (κ2) is 8.26. The van der Waals surface area contributed by atoms with Crippen molar-refractivity contribution < 1.29 is 14.3 Å². The zero-order valence-electron chi connectivity index (χ0n) is 14.5. The number of ketones is 1. The van der Waals surface area contributed by atoms with Crippen LogP contribution in [0.3, 0.4) is 0 Å². The van der Waals surface area contributed by atoms with Crippen molar-refractivity contribution in [2.45, 2.75) is 36.8 Å². The minimum Gasteiger partial charge on any atom is -0.454 e. The number of hydrogen-bond acceptors (Lipinski definition) is 7. The number of thiazole rings is 1. The molecule has 0 fully saturated rings. The number of rotatable bonds is 6. The van der Waals surface area contributed by atoms with E-state index >= 15 is 0 Å². The highest BCUT2D eigenvalue weighted by Gasteiger charge is 2.39. The Morgan fingerprint density at radius 1 is 1.46 bits per heavy atom. The van der Waals surface area contributed by atoms with Gasteiger partial charge in [0.15, 0.2) is 10.2 Å². The summed E-state index contributed by atoms with van der Waals surface area (Å²) in [6.07, 6.45) is 3.34. The molecule has 1 unspecified atom stereocenters. The molecule has 0 aliphatic carbocycles. The number of aromatic nitrogens is 1. The molecular formula is C15H20N4O3S2. The Morgan fingerprint density at radius 3 is 2.54 bits per heavy atom. The minimum absolute atomic E-state index is 0.185. The van der Waals surface area contributed by atoms with Crippen LogP contribution in [-0.2, 0) is 9.53 Å². The van der Waals surface area contributed by atoms with Gasteiger partial charge in [-0.15, -0.1) is 11.3 Å². The Bertz CT molecular complexity index is 684. The van der Waals surface area contributed by atoms with Crippen LogP contribution in [0.25, 0.3) is 4.85 Å². The van der Waals surface area contributed by atoms with Gasteiger partial charge in [-0.05, 0) is 27.0 Å². The van der Waals surface area contributed by atoms with Crippen molar-refractivity contribution in [1.29, 1.82) is 0 Å². The summed E-state index contributed by atoms with van der Waals surface area (Å²) in [7, 11) is 3.57. The standard InChI is InChI=1S/C15H20N4O3S2/c1-15(2,3)22-13(21)9(16-4)10(20)11-12(17-8-19(5)6)18-14(23-7)24-11/h8-9H,1-3,5-7H3/b17-8+. The molecule has 0 saturated heterocycles. The maximum atomic E-state index is 12.7. The molecule has 130 valence electrons. The third-order valence-corrected chi connectivity index (χ3v) is 4.45. The van der Waals surface area contributed by atoms with Crippen molar-refractivity contribution >= 4 is 47.0 Å². The van der Waals surface area contributed by atoms with Gasteiger partial charge in [0.05, 0.1) is 6.34 Å². The highest BCUT2D eigenvalue weighted by molar-refractivity contribution is 8.00. The second-order valence-electron chi connectivity index (χ2n) is 5.97. The first kappa shape index (κ1) is 20.1. The molecule has 24 heavy (non-hydrogen) atoms. The molecule has 0 saturated carbocycles. The summed E-state index contributed by atoms with van der Waals surface area (Å²) in [4.78, 5) is 38.2. The number of nitrogens with zero attached hydrogens (tertiary/aromatic N) is 4. The fraction of sp³-hybridized carbons (Fsp3) is 0.533. The van der Waals surface area contributed by atoms with Crippen LogP contribution in [0, 0.1) is 6.57 Å². The lowest BCUT2D eigenvalue weighted by Crippen LogP contribution is -2.34. The van der Waals surface area contributed by atoms with E-state index in [0.29, 0.717) is 4.34 Å². The molecule has 0 N–H and O–H groups in total. The third kappa shape index (κ3) is 5.62. The van der Waals surface area contributed by atoms with E-state index in [1.807, 2.05) is 6.26 Å². The highest BCUT2D eigenvalue weighted by Crippen LogP contribution is 2.32. The second-order valence-corrected chi connectivity index (χ2v) is 8.03. The minimum atomic E-state index is -1.55. The van der Waals surface area contributed by atoms with E-state index in [4.69, 9.17) is 11.3 Å². The van der Waals surface area contributed by atoms with Crippen molar-refractivity contribution in [2.24, 2.45) is 4.99 Å². The van der Waals surface area contributed by atoms with E-state index in [1.54, 1.807) is 39.8 Å². The molecule has 0 radical (unpaired) electrons. The zero-order chi connectivity index (χ0) is 18.5. The van der Waals surface area contributed by atoms with E-state index in [0.717, 1.165) is 11.3 Å². The molecule has 7 nitrogen and oxygen atoms in total. The van der Waals surface area contributed by atoms with Gasteiger partial charge in [0, 0.05) is 14.1 Å². The number of esters is 1. The maximum Gasteiger partial charge on any atom is 0.399 e. The lowest BCUT2D eigenvalue weighted by Gasteiger charge is -2.19. The molecule has 1 heterocycles. The maximum absolute atomic E-state index is 12.7. The molecule has 1 atom stereocenters. The highest BCUT2D eigenvalue weighted by atomic mass is 32.2. The topological polar surface area (TPSA) is 76.2 Å². The number of aliphatic imine (C=N–C) groups is 1. The summed E-state index contributed by atoms with van der Waals surface area (Å²) in [5.41, 5.74) is -0.773. The SMILES string of the molecule is [C-]#[N+]C(C(=O)OC(C)(C)C)C(=O)c1sc(SC)nc1/N=C/N(C)C. The van der Waals surface area contributed by atoms with E-state index in [1.165, 1.54) is 18.1 Å². The molecule has 0 bridgehead atoms. The van der Waals surface area contributed by atoms with Gasteiger partial charge in [-0.3, -0.25) is 9.64 Å². The Balaban J connectivity index is 3.18. The number of carbonyl (C=O) groups is 2. The van der Waals surface area contributed by atoms with Crippen molar-refractivity contribution in [3.63, 3.8) is 0 Å². The molecule has 0 aliphatic rings. The average molecular weight is 368 g/mol. The zero-order valence-corrected chi connectivity index (χ0v) is 16.1. The Morgan fingerprint density at radius 2 is 2.08 bits per heavy atom. The number of Topliss-reactive ketones (excluding diaryl/α,β-unsaturated/α-hetero) is 1. The van der Waals surface area contributed by atoms with Gasteiger partial charge in [0.25, 0.3) is 5.78 Å². The van der Waals surface area contributed by atoms with Crippen molar-refractivity contribution in [1.82, 2.24) is 9.88 Å². The van der Waals surface area contributed by atoms with E-state index < -0.39 is 23.4 Å². The van der Waals surface area contributed by atoms with Crippen LogP contribution in [-0.4, -0.2) is 60.0 Å². The summed E-state index contributed by atoms with van der Waals surface area (Å²) in [5.74, 6) is -1.28. The first-order chi connectivity index (χ1) is 11.1. The van der Waals surface area contributed by atoms with E-state index in [-0.39, 0.29) is 10.7 Å². The third-order valence-electron chi connectivity index (χ3n) is 2.41. The molecule has 1 rings (SSSR count). The van der Waals surface area contributed by atoms with Crippen molar-refractivity contribution in [3.05, 3.63) is 16.3 Å². The quantitative estimate of drug-likeness (QED) is 0.146. The lowest BCUT2D eigenvalue weighted by molar-refractivity contribution is -0.154. The fourth-order valence-corrected chi connectivity index (χ4v) is 2.97. The largest absolute Gasteiger partial charge is 0.454 e. The Labute approximate surface area is 149 Å². The van der Waals surface area contributed by atoms with Gasteiger partial charge in [-0.1, -0.05) is 11.8 Å². The van der Waals surface area contributed by atoms with Crippen LogP contribution in [0.15, 0.2) is 9.33 Å². The van der Waals surface area contributed by atoms with Crippen LogP contribution >= 0.6 is 23.1 Å². The van der Waals surface area contributed by atoms with E-state index in [2.05, 4.69) is 14.8 Å². The molecular weight excluding hydrogens is 348 g/mol. The molecule has 0 amide bonds. The molecule has 0 aromatic carbocycles. The van der Waals surface area contributed by atoms with Crippen molar-refractivity contribution in [3.8, 4) is 0 Å². The summed E-state index contributed by atoms with van der Waals surface area (Å²) >= 11 is 2.48. The Kier molecular flexibility index (Phi) is 6.93. The predicted molar refractivity (Wildman–Crippen MR) is 96.3 cm³/mol. The predicted octanol–water partition coefficient (Wildman–Crippen LogP) is 2.90. The van der Waals surface area contributed by atoms with Gasteiger partial charge in [0.2, 0.25) is 0 Å². The van der Waals surface area contributed by atoms with Gasteiger partial charge in [-0.25, -0.2) is 21.3 Å². The van der Waals surface area contributed by atoms with Gasteiger partial charge in [0.1, 0.15) is 10.5 Å². The summed E-state index contributed by atoms with van der Waals surface area (Å²) < 4.78 is 5.80. The van der Waals surface area contributed by atoms with E-state index in [9.17, 15) is 9.59 Å². The molecule has 1 aromatic heterocycles. The van der Waals surface area contributed by atoms with Crippen molar-refractivity contribution in [2.75, 3.05) is 20.4 Å². The van der Waals surface area contributed by atoms with Crippen LogP contribution in [0.1, 0.15) is 30.4 Å². The normalized spacial score (nSPS) is 12.7. The van der Waals surface area contributed by atoms with Crippen LogP contribution in [0.4, 0.5) is 5.82 Å². The lowest BCUT2D eigenvalue weighted by atomic mass is 10.1. The first-order valence-corrected chi connectivity index (χ1v) is 9.02. The smallest absolute Gasteiger partial charge is 0.399 e. The number of hydrogen-bond donors (Lipinski definition) is 0. The van der Waals surface area contributed by atoms with Crippen LogP contribution < -0.4 is 0 Å². The van der Waals surface area contributed by atoms with Gasteiger partial charge < -0.3 is 9.64 Å². The summed E-state index contributed by atoms with van der Waals surface area (Å²) in [6.45, 7) is 12.3. The van der Waals surface area contributed by atoms with Gasteiger partial charge >= 0.3 is 12.0 Å². The molecule has 1 aromatic rings. The average Bonchev–Trinajstić information content (AvgIpc) is 2.87. The van der Waals surface area contributed by atoms with Crippen LogP contribution in [0.5, 0.6) is 0 Å². The molecule has 0 aliphatic heterocycles. The Hall–Kier alpha value is -1.92. The fourth-order valence-electron chi connectivity index (χ4n) is 1.50. The summed E-state index contributed by atoms with van der Waals surface area (Å²) in [6, 6.07) is -1.55. The van der Waals surface area contributed by atoms with Crippen LogP contribution in [0.2, 0.25) is 0 Å². The summed E-state index contributed by atoms with van der Waals surface area (Å²) in [5, 5.41) is 0. The monoisotopic (exact) mass is 368 g/mol. The molecule has 9 heteroatoms.